The van der Waals surface area contributed by atoms with Gasteiger partial charge in [0.05, 0.1) is 7.11 Å². The number of nitrogens with one attached hydrogen (secondary N) is 1. The lowest BCUT2D eigenvalue weighted by molar-refractivity contribution is 0.0761. The van der Waals surface area contributed by atoms with E-state index < -0.39 is 0 Å². The lowest BCUT2D eigenvalue weighted by atomic mass is 10.1. The molecule has 0 fully saturated rings. The summed E-state index contributed by atoms with van der Waals surface area (Å²) < 4.78 is 5.23. The highest BCUT2D eigenvalue weighted by molar-refractivity contribution is 5.98. The van der Waals surface area contributed by atoms with E-state index in [9.17, 15) is 4.79 Å². The van der Waals surface area contributed by atoms with Gasteiger partial charge in [-0.05, 0) is 37.1 Å². The number of ether oxygens (including phenoxy) is 1. The minimum Gasteiger partial charge on any atom is -0.497 e. The fourth-order valence-corrected chi connectivity index (χ4v) is 2.83. The third-order valence-electron chi connectivity index (χ3n) is 4.24. The average Bonchev–Trinajstić information content (AvgIpc) is 3.06. The number of amides is 1. The number of aromatic amines is 1. The van der Waals surface area contributed by atoms with Crippen molar-refractivity contribution in [2.24, 2.45) is 0 Å². The number of aromatic nitrogens is 1. The second-order valence-corrected chi connectivity index (χ2v) is 5.76. The maximum absolute atomic E-state index is 12.8. The van der Waals surface area contributed by atoms with E-state index in [0.29, 0.717) is 18.8 Å². The zero-order chi connectivity index (χ0) is 16.9. The third-order valence-corrected chi connectivity index (χ3v) is 4.24. The summed E-state index contributed by atoms with van der Waals surface area (Å²) in [5.41, 5.74) is 2.77. The van der Waals surface area contributed by atoms with Gasteiger partial charge in [0.15, 0.2) is 0 Å². The molecule has 0 atom stereocenters. The molecule has 0 bridgehead atoms. The Bertz CT molecular complexity index is 824. The number of H-pyrrole nitrogens is 1. The van der Waals surface area contributed by atoms with Crippen molar-refractivity contribution >= 4 is 16.8 Å². The largest absolute Gasteiger partial charge is 0.497 e. The van der Waals surface area contributed by atoms with Crippen LogP contribution in [-0.2, 0) is 6.42 Å². The number of nitrogens with zero attached hydrogens (tertiary/aromatic N) is 1. The van der Waals surface area contributed by atoms with E-state index in [1.165, 1.54) is 5.56 Å². The molecule has 0 aliphatic carbocycles. The summed E-state index contributed by atoms with van der Waals surface area (Å²) >= 11 is 0. The van der Waals surface area contributed by atoms with E-state index in [1.54, 1.807) is 7.11 Å². The summed E-state index contributed by atoms with van der Waals surface area (Å²) in [6.45, 7) is 3.40. The molecule has 24 heavy (non-hydrogen) atoms. The normalized spacial score (nSPS) is 10.8. The highest BCUT2D eigenvalue weighted by atomic mass is 16.5. The molecule has 4 nitrogen and oxygen atoms in total. The van der Waals surface area contributed by atoms with Gasteiger partial charge < -0.3 is 14.6 Å². The van der Waals surface area contributed by atoms with Gasteiger partial charge in [0.25, 0.3) is 5.91 Å². The predicted octanol–water partition coefficient (Wildman–Crippen LogP) is 3.88. The molecule has 0 aliphatic heterocycles. The minimum atomic E-state index is 0.0311. The first-order valence-corrected chi connectivity index (χ1v) is 8.21. The summed E-state index contributed by atoms with van der Waals surface area (Å²) in [5.74, 6) is 0.809. The number of hydrogen-bond acceptors (Lipinski definition) is 2. The number of hydrogen-bond donors (Lipinski definition) is 1. The first-order chi connectivity index (χ1) is 11.7. The summed E-state index contributed by atoms with van der Waals surface area (Å²) in [7, 11) is 1.64. The van der Waals surface area contributed by atoms with E-state index >= 15 is 0 Å². The van der Waals surface area contributed by atoms with Crippen molar-refractivity contribution in [1.82, 2.24) is 9.88 Å². The van der Waals surface area contributed by atoms with Crippen molar-refractivity contribution in [2.45, 2.75) is 13.3 Å². The maximum Gasteiger partial charge on any atom is 0.270 e. The highest BCUT2D eigenvalue weighted by Crippen LogP contribution is 2.22. The Morgan fingerprint density at radius 2 is 1.92 bits per heavy atom. The smallest absolute Gasteiger partial charge is 0.270 e. The van der Waals surface area contributed by atoms with Gasteiger partial charge in [0.2, 0.25) is 0 Å². The van der Waals surface area contributed by atoms with E-state index in [4.69, 9.17) is 4.74 Å². The number of carbonyl (C=O) groups excluding carboxylic acids is 1. The number of methoxy groups -OCH3 is 1. The Balaban J connectivity index is 1.75. The van der Waals surface area contributed by atoms with Crippen molar-refractivity contribution in [1.29, 1.82) is 0 Å². The van der Waals surface area contributed by atoms with E-state index in [2.05, 4.69) is 17.1 Å². The van der Waals surface area contributed by atoms with Crippen LogP contribution < -0.4 is 4.74 Å². The molecule has 4 heteroatoms. The topological polar surface area (TPSA) is 45.3 Å². The molecule has 3 rings (SSSR count). The van der Waals surface area contributed by atoms with Gasteiger partial charge in [-0.3, -0.25) is 4.79 Å². The second kappa shape index (κ2) is 7.21. The molecule has 0 saturated carbocycles. The Hall–Kier alpha value is -2.75. The van der Waals surface area contributed by atoms with Crippen molar-refractivity contribution in [3.8, 4) is 5.75 Å². The molecule has 0 radical (unpaired) electrons. The van der Waals surface area contributed by atoms with Crippen LogP contribution in [0.4, 0.5) is 0 Å². The van der Waals surface area contributed by atoms with Crippen LogP contribution in [0.3, 0.4) is 0 Å². The fourth-order valence-electron chi connectivity index (χ4n) is 2.83. The van der Waals surface area contributed by atoms with Gasteiger partial charge in [0, 0.05) is 30.1 Å². The second-order valence-electron chi connectivity index (χ2n) is 5.76. The quantitative estimate of drug-likeness (QED) is 0.748. The molecule has 1 amide bonds. The lowest BCUT2D eigenvalue weighted by Gasteiger charge is -2.20. The van der Waals surface area contributed by atoms with Crippen molar-refractivity contribution in [2.75, 3.05) is 20.2 Å². The molecule has 1 aromatic heterocycles. The zero-order valence-electron chi connectivity index (χ0n) is 14.1. The third kappa shape index (κ3) is 3.43. The average molecular weight is 322 g/mol. The van der Waals surface area contributed by atoms with Gasteiger partial charge in [-0.15, -0.1) is 0 Å². The molecule has 124 valence electrons. The molecule has 0 aliphatic rings. The van der Waals surface area contributed by atoms with Crippen LogP contribution in [0.5, 0.6) is 5.75 Å². The molecule has 2 aromatic carbocycles. The zero-order valence-corrected chi connectivity index (χ0v) is 14.1. The van der Waals surface area contributed by atoms with Crippen molar-refractivity contribution in [3.05, 3.63) is 65.9 Å². The van der Waals surface area contributed by atoms with E-state index in [0.717, 1.165) is 23.1 Å². The number of benzene rings is 2. The lowest BCUT2D eigenvalue weighted by Crippen LogP contribution is -2.32. The van der Waals surface area contributed by atoms with E-state index in [-0.39, 0.29) is 5.91 Å². The SMILES string of the molecule is CCN(CCc1ccccc1)C(=O)c1cc2ccc(OC)cc2[nH]1. The molecule has 0 saturated heterocycles. The van der Waals surface area contributed by atoms with Crippen LogP contribution in [0.15, 0.2) is 54.6 Å². The molecule has 1 N–H and O–H groups in total. The van der Waals surface area contributed by atoms with Crippen LogP contribution in [0.2, 0.25) is 0 Å². The molecular formula is C20H22N2O2. The van der Waals surface area contributed by atoms with Crippen molar-refractivity contribution in [3.63, 3.8) is 0 Å². The summed E-state index contributed by atoms with van der Waals surface area (Å²) in [6.07, 6.45) is 0.856. The van der Waals surface area contributed by atoms with Gasteiger partial charge in [0.1, 0.15) is 11.4 Å². The van der Waals surface area contributed by atoms with Crippen LogP contribution >= 0.6 is 0 Å². The summed E-state index contributed by atoms with van der Waals surface area (Å²) in [6, 6.07) is 17.9. The first-order valence-electron chi connectivity index (χ1n) is 8.21. The van der Waals surface area contributed by atoms with Crippen LogP contribution in [-0.4, -0.2) is 36.0 Å². The number of likely N-dealkylation sites (N-methyl/N-ethyl adjacent to an activating group) is 1. The van der Waals surface area contributed by atoms with Gasteiger partial charge in [-0.2, -0.15) is 0 Å². The predicted molar refractivity (Wildman–Crippen MR) is 96.6 cm³/mol. The van der Waals surface area contributed by atoms with Gasteiger partial charge in [-0.25, -0.2) is 0 Å². The molecule has 3 aromatic rings. The van der Waals surface area contributed by atoms with Crippen LogP contribution in [0.25, 0.3) is 10.9 Å². The maximum atomic E-state index is 12.8. The van der Waals surface area contributed by atoms with Crippen molar-refractivity contribution < 1.29 is 9.53 Å². The fraction of sp³-hybridized carbons (Fsp3) is 0.250. The van der Waals surface area contributed by atoms with Crippen LogP contribution in [0, 0.1) is 0 Å². The Labute approximate surface area is 142 Å². The molecular weight excluding hydrogens is 300 g/mol. The van der Waals surface area contributed by atoms with Crippen LogP contribution in [0.1, 0.15) is 23.0 Å². The van der Waals surface area contributed by atoms with Gasteiger partial charge in [-0.1, -0.05) is 30.3 Å². The first kappa shape index (κ1) is 16.1. The summed E-state index contributed by atoms with van der Waals surface area (Å²) in [4.78, 5) is 17.9. The number of carbonyl (C=O) groups is 1. The highest BCUT2D eigenvalue weighted by Gasteiger charge is 2.16. The summed E-state index contributed by atoms with van der Waals surface area (Å²) in [5, 5.41) is 1.01. The minimum absolute atomic E-state index is 0.0311. The Morgan fingerprint density at radius 1 is 1.12 bits per heavy atom. The standard InChI is InChI=1S/C20H22N2O2/c1-3-22(12-11-15-7-5-4-6-8-15)20(23)19-13-16-9-10-17(24-2)14-18(16)21-19/h4-10,13-14,21H,3,11-12H2,1-2H3. The van der Waals surface area contributed by atoms with E-state index in [1.807, 2.05) is 54.3 Å². The Kier molecular flexibility index (Phi) is 4.85. The molecule has 0 spiro atoms. The van der Waals surface area contributed by atoms with Gasteiger partial charge >= 0.3 is 0 Å². The number of fused-ring (bicyclic) bond motifs is 1. The molecule has 1 heterocycles. The number of rotatable bonds is 6. The monoisotopic (exact) mass is 322 g/mol. The molecule has 0 unspecified atom stereocenters. The Morgan fingerprint density at radius 3 is 2.62 bits per heavy atom.